The van der Waals surface area contributed by atoms with Gasteiger partial charge in [0.15, 0.2) is 5.96 Å². The summed E-state index contributed by atoms with van der Waals surface area (Å²) in [5.74, 6) is 0.647. The van der Waals surface area contributed by atoms with Gasteiger partial charge in [0, 0.05) is 51.3 Å². The van der Waals surface area contributed by atoms with Crippen LogP contribution in [0.3, 0.4) is 0 Å². The smallest absolute Gasteiger partial charge is 0.243 e. The number of likely N-dealkylation sites (N-methyl/N-ethyl adjacent to an activating group) is 1. The average molecular weight is 392 g/mol. The molecule has 2 N–H and O–H groups in total. The van der Waals surface area contributed by atoms with E-state index in [1.165, 1.54) is 5.56 Å². The first kappa shape index (κ1) is 21.3. The van der Waals surface area contributed by atoms with Crippen LogP contribution in [-0.2, 0) is 11.3 Å². The molecule has 7 heteroatoms. The summed E-state index contributed by atoms with van der Waals surface area (Å²) in [6, 6.07) is 8.39. The van der Waals surface area contributed by atoms with Gasteiger partial charge in [-0.2, -0.15) is 0 Å². The number of aliphatic imine (C=N–C) groups is 1. The molecule has 0 unspecified atom stereocenters. The van der Waals surface area contributed by atoms with Gasteiger partial charge in [-0.3, -0.25) is 9.69 Å². The molecule has 0 aliphatic carbocycles. The van der Waals surface area contributed by atoms with Crippen molar-refractivity contribution in [2.45, 2.75) is 25.4 Å². The Kier molecular flexibility index (Phi) is 8.61. The zero-order chi connectivity index (χ0) is 19.6. The van der Waals surface area contributed by atoms with Crippen LogP contribution in [0.1, 0.15) is 18.4 Å². The van der Waals surface area contributed by atoms with Crippen molar-refractivity contribution in [3.63, 3.8) is 0 Å². The SMILES string of the molecule is C=CCNC(=NCC(=O)N(C)C)NC1CCN(Cc2ccc(Cl)cc2)CC1. The van der Waals surface area contributed by atoms with Gasteiger partial charge in [-0.05, 0) is 30.5 Å². The Labute approximate surface area is 167 Å². The molecule has 1 heterocycles. The standard InChI is InChI=1S/C20H30ClN5O/c1-4-11-22-20(23-14-19(27)25(2)3)24-18-9-12-26(13-10-18)15-16-5-7-17(21)8-6-16/h4-8,18H,1,9-15H2,2-3H3,(H2,22,23,24). The van der Waals surface area contributed by atoms with Crippen molar-refractivity contribution in [1.82, 2.24) is 20.4 Å². The van der Waals surface area contributed by atoms with Gasteiger partial charge >= 0.3 is 0 Å². The van der Waals surface area contributed by atoms with Crippen LogP contribution in [0.2, 0.25) is 5.02 Å². The molecular weight excluding hydrogens is 362 g/mol. The maximum absolute atomic E-state index is 11.8. The number of rotatable bonds is 7. The van der Waals surface area contributed by atoms with Crippen LogP contribution in [0.15, 0.2) is 41.9 Å². The molecule has 0 atom stereocenters. The molecule has 0 radical (unpaired) electrons. The average Bonchev–Trinajstić information content (AvgIpc) is 2.66. The van der Waals surface area contributed by atoms with Crippen LogP contribution < -0.4 is 10.6 Å². The fraction of sp³-hybridized carbons (Fsp3) is 0.500. The highest BCUT2D eigenvalue weighted by molar-refractivity contribution is 6.30. The van der Waals surface area contributed by atoms with Gasteiger partial charge in [0.25, 0.3) is 0 Å². The Balaban J connectivity index is 1.83. The summed E-state index contributed by atoms with van der Waals surface area (Å²) in [4.78, 5) is 20.2. The quantitative estimate of drug-likeness (QED) is 0.424. The first-order valence-corrected chi connectivity index (χ1v) is 9.68. The molecule has 1 aliphatic heterocycles. The number of guanidine groups is 1. The third kappa shape index (κ3) is 7.61. The van der Waals surface area contributed by atoms with E-state index in [1.807, 2.05) is 12.1 Å². The Hall–Kier alpha value is -2.05. The van der Waals surface area contributed by atoms with Gasteiger partial charge in [0.2, 0.25) is 5.91 Å². The predicted octanol–water partition coefficient (Wildman–Crippen LogP) is 2.11. The predicted molar refractivity (Wildman–Crippen MR) is 112 cm³/mol. The van der Waals surface area contributed by atoms with E-state index in [0.29, 0.717) is 18.5 Å². The minimum atomic E-state index is -0.0208. The number of amides is 1. The zero-order valence-corrected chi connectivity index (χ0v) is 17.0. The molecule has 1 aromatic carbocycles. The highest BCUT2D eigenvalue weighted by Crippen LogP contribution is 2.15. The lowest BCUT2D eigenvalue weighted by atomic mass is 10.0. The van der Waals surface area contributed by atoms with E-state index >= 15 is 0 Å². The van der Waals surface area contributed by atoms with E-state index in [0.717, 1.165) is 37.5 Å². The maximum Gasteiger partial charge on any atom is 0.243 e. The van der Waals surface area contributed by atoms with Crippen LogP contribution >= 0.6 is 11.6 Å². The zero-order valence-electron chi connectivity index (χ0n) is 16.2. The molecule has 2 rings (SSSR count). The van der Waals surface area contributed by atoms with Crippen LogP contribution in [0.4, 0.5) is 0 Å². The van der Waals surface area contributed by atoms with E-state index in [-0.39, 0.29) is 12.5 Å². The number of hydrogen-bond donors (Lipinski definition) is 2. The Bertz CT molecular complexity index is 636. The molecule has 0 saturated carbocycles. The van der Waals surface area contributed by atoms with Crippen molar-refractivity contribution in [1.29, 1.82) is 0 Å². The van der Waals surface area contributed by atoms with Crippen molar-refractivity contribution in [3.05, 3.63) is 47.5 Å². The van der Waals surface area contributed by atoms with E-state index in [9.17, 15) is 4.79 Å². The van der Waals surface area contributed by atoms with Gasteiger partial charge in [0.1, 0.15) is 6.54 Å². The van der Waals surface area contributed by atoms with Gasteiger partial charge in [-0.1, -0.05) is 29.8 Å². The number of nitrogens with one attached hydrogen (secondary N) is 2. The van der Waals surface area contributed by atoms with E-state index in [2.05, 4.69) is 39.2 Å². The van der Waals surface area contributed by atoms with Crippen molar-refractivity contribution in [3.8, 4) is 0 Å². The normalized spacial score (nSPS) is 16.0. The van der Waals surface area contributed by atoms with Crippen LogP contribution in [-0.4, -0.2) is 68.0 Å². The molecule has 0 aromatic heterocycles. The van der Waals surface area contributed by atoms with Gasteiger partial charge < -0.3 is 15.5 Å². The van der Waals surface area contributed by atoms with Crippen LogP contribution in [0.5, 0.6) is 0 Å². The summed E-state index contributed by atoms with van der Waals surface area (Å²) >= 11 is 5.95. The number of piperidine rings is 1. The van der Waals surface area contributed by atoms with Crippen molar-refractivity contribution >= 4 is 23.5 Å². The third-order valence-corrected chi connectivity index (χ3v) is 4.78. The lowest BCUT2D eigenvalue weighted by molar-refractivity contribution is -0.127. The van der Waals surface area contributed by atoms with Crippen molar-refractivity contribution in [2.75, 3.05) is 40.3 Å². The number of halogens is 1. The fourth-order valence-corrected chi connectivity index (χ4v) is 3.01. The maximum atomic E-state index is 11.8. The number of carbonyl (C=O) groups is 1. The van der Waals surface area contributed by atoms with Crippen molar-refractivity contribution < 1.29 is 4.79 Å². The summed E-state index contributed by atoms with van der Waals surface area (Å²) in [7, 11) is 3.47. The van der Waals surface area contributed by atoms with E-state index < -0.39 is 0 Å². The molecule has 27 heavy (non-hydrogen) atoms. The summed E-state index contributed by atoms with van der Waals surface area (Å²) in [6.07, 6.45) is 3.84. The summed E-state index contributed by atoms with van der Waals surface area (Å²) < 4.78 is 0. The monoisotopic (exact) mass is 391 g/mol. The number of hydrogen-bond acceptors (Lipinski definition) is 3. The first-order valence-electron chi connectivity index (χ1n) is 9.30. The van der Waals surface area contributed by atoms with Gasteiger partial charge in [-0.25, -0.2) is 4.99 Å². The van der Waals surface area contributed by atoms with Gasteiger partial charge in [-0.15, -0.1) is 6.58 Å². The van der Waals surface area contributed by atoms with E-state index in [4.69, 9.17) is 11.6 Å². The molecule has 1 aromatic rings. The Morgan fingerprint density at radius 2 is 2.00 bits per heavy atom. The highest BCUT2D eigenvalue weighted by atomic mass is 35.5. The molecule has 1 aliphatic rings. The largest absolute Gasteiger partial charge is 0.354 e. The molecule has 148 valence electrons. The number of carbonyl (C=O) groups excluding carboxylic acids is 1. The number of nitrogens with zero attached hydrogens (tertiary/aromatic N) is 3. The lowest BCUT2D eigenvalue weighted by Gasteiger charge is -2.33. The molecule has 0 spiro atoms. The number of benzene rings is 1. The molecule has 6 nitrogen and oxygen atoms in total. The second-order valence-corrected chi connectivity index (χ2v) is 7.38. The minimum absolute atomic E-state index is 0.0208. The lowest BCUT2D eigenvalue weighted by Crippen LogP contribution is -2.48. The van der Waals surface area contributed by atoms with Gasteiger partial charge in [0.05, 0.1) is 0 Å². The van der Waals surface area contributed by atoms with E-state index in [1.54, 1.807) is 25.1 Å². The second-order valence-electron chi connectivity index (χ2n) is 6.94. The number of likely N-dealkylation sites (tertiary alicyclic amines) is 1. The van der Waals surface area contributed by atoms with Crippen LogP contribution in [0, 0.1) is 0 Å². The molecule has 1 fully saturated rings. The van der Waals surface area contributed by atoms with Crippen molar-refractivity contribution in [2.24, 2.45) is 4.99 Å². The topological polar surface area (TPSA) is 60.0 Å². The molecule has 1 saturated heterocycles. The molecule has 0 bridgehead atoms. The fourth-order valence-electron chi connectivity index (χ4n) is 2.89. The molecular formula is C20H30ClN5O. The summed E-state index contributed by atoms with van der Waals surface area (Å²) in [5.41, 5.74) is 1.28. The van der Waals surface area contributed by atoms with Crippen LogP contribution in [0.25, 0.3) is 0 Å². The second kappa shape index (κ2) is 10.9. The Morgan fingerprint density at radius 1 is 1.33 bits per heavy atom. The summed E-state index contributed by atoms with van der Waals surface area (Å²) in [6.45, 7) is 7.45. The Morgan fingerprint density at radius 3 is 2.59 bits per heavy atom. The molecule has 1 amide bonds. The summed E-state index contributed by atoms with van der Waals surface area (Å²) in [5, 5.41) is 7.42. The highest BCUT2D eigenvalue weighted by Gasteiger charge is 2.20. The third-order valence-electron chi connectivity index (χ3n) is 4.53. The minimum Gasteiger partial charge on any atom is -0.354 e. The first-order chi connectivity index (χ1) is 13.0.